The average molecular weight is 276 g/mol. The number of primary sulfonamides is 1. The summed E-state index contributed by atoms with van der Waals surface area (Å²) in [5.41, 5.74) is 3.75. The van der Waals surface area contributed by atoms with Crippen molar-refractivity contribution in [3.63, 3.8) is 0 Å². The number of carbonyl (C=O) groups is 1. The number of nitrogens with one attached hydrogen (secondary N) is 1. The van der Waals surface area contributed by atoms with Crippen LogP contribution in [0.5, 0.6) is 0 Å². The minimum Gasteiger partial charge on any atom is -0.277 e. The van der Waals surface area contributed by atoms with E-state index in [1.165, 1.54) is 17.1 Å². The molecule has 1 aromatic rings. The highest BCUT2D eigenvalue weighted by molar-refractivity contribution is 7.89. The molecule has 0 aliphatic carbocycles. The summed E-state index contributed by atoms with van der Waals surface area (Å²) in [7, 11) is -2.38. The van der Waals surface area contributed by atoms with Gasteiger partial charge >= 0.3 is 0 Å². The van der Waals surface area contributed by atoms with Crippen LogP contribution in [-0.2, 0) is 16.6 Å². The van der Waals surface area contributed by atoms with Crippen molar-refractivity contribution in [2.75, 3.05) is 7.05 Å². The van der Waals surface area contributed by atoms with E-state index < -0.39 is 10.0 Å². The molecule has 2 rings (SSSR count). The molecule has 0 spiro atoms. The van der Waals surface area contributed by atoms with Gasteiger partial charge in [0.1, 0.15) is 4.90 Å². The minimum absolute atomic E-state index is 0.0189. The Bertz CT molecular complexity index is 600. The molecule has 1 aliphatic rings. The molecular formula is C9H10ClN3O3S. The molecule has 92 valence electrons. The summed E-state index contributed by atoms with van der Waals surface area (Å²) in [5.74, 6) is -0.326. The number of benzene rings is 1. The molecule has 1 amide bonds. The van der Waals surface area contributed by atoms with Crippen LogP contribution in [0, 0.1) is 0 Å². The first-order valence-electron chi connectivity index (χ1n) is 4.67. The molecule has 0 atom stereocenters. The molecule has 0 saturated carbocycles. The predicted molar refractivity (Wildman–Crippen MR) is 61.8 cm³/mol. The van der Waals surface area contributed by atoms with Crippen molar-refractivity contribution in [1.29, 1.82) is 0 Å². The average Bonchev–Trinajstić information content (AvgIpc) is 2.21. The molecule has 17 heavy (non-hydrogen) atoms. The van der Waals surface area contributed by atoms with Gasteiger partial charge in [0, 0.05) is 19.2 Å². The Kier molecular flexibility index (Phi) is 2.86. The highest BCUT2D eigenvalue weighted by Gasteiger charge is 2.25. The molecular weight excluding hydrogens is 266 g/mol. The molecule has 1 aliphatic heterocycles. The zero-order valence-electron chi connectivity index (χ0n) is 8.90. The molecule has 0 bridgehead atoms. The van der Waals surface area contributed by atoms with E-state index in [2.05, 4.69) is 5.43 Å². The van der Waals surface area contributed by atoms with Crippen molar-refractivity contribution >= 4 is 27.5 Å². The number of hydrogen-bond acceptors (Lipinski definition) is 4. The number of sulfonamides is 1. The lowest BCUT2D eigenvalue weighted by atomic mass is 10.1. The molecule has 1 aromatic carbocycles. The van der Waals surface area contributed by atoms with Crippen LogP contribution in [0.1, 0.15) is 15.9 Å². The standard InChI is InChI=1S/C9H10ClN3O3S/c1-13-9(14)6-3-8(17(11,15)16)7(10)2-5(6)4-12-13/h2-3,12H,4H2,1H3,(H2,11,15,16). The van der Waals surface area contributed by atoms with Gasteiger partial charge in [0.25, 0.3) is 5.91 Å². The van der Waals surface area contributed by atoms with E-state index in [4.69, 9.17) is 16.7 Å². The smallest absolute Gasteiger partial charge is 0.268 e. The third-order valence-electron chi connectivity index (χ3n) is 2.51. The van der Waals surface area contributed by atoms with E-state index in [0.29, 0.717) is 17.7 Å². The number of halogens is 1. The molecule has 0 unspecified atom stereocenters. The maximum absolute atomic E-state index is 11.8. The fraction of sp³-hybridized carbons (Fsp3) is 0.222. The van der Waals surface area contributed by atoms with Crippen molar-refractivity contribution in [3.8, 4) is 0 Å². The number of fused-ring (bicyclic) bond motifs is 1. The lowest BCUT2D eigenvalue weighted by Crippen LogP contribution is -2.43. The van der Waals surface area contributed by atoms with Gasteiger partial charge in [-0.15, -0.1) is 0 Å². The lowest BCUT2D eigenvalue weighted by Gasteiger charge is -2.26. The van der Waals surface area contributed by atoms with E-state index in [0.717, 1.165) is 0 Å². The normalized spacial score (nSPS) is 15.9. The van der Waals surface area contributed by atoms with E-state index >= 15 is 0 Å². The number of nitrogens with two attached hydrogens (primary N) is 1. The molecule has 0 aromatic heterocycles. The third kappa shape index (κ3) is 2.14. The van der Waals surface area contributed by atoms with Crippen LogP contribution >= 0.6 is 11.6 Å². The number of rotatable bonds is 1. The van der Waals surface area contributed by atoms with Gasteiger partial charge in [-0.05, 0) is 17.7 Å². The molecule has 1 heterocycles. The lowest BCUT2D eigenvalue weighted by molar-refractivity contribution is 0.0685. The Morgan fingerprint density at radius 3 is 2.71 bits per heavy atom. The van der Waals surface area contributed by atoms with E-state index in [9.17, 15) is 13.2 Å². The second-order valence-corrected chi connectivity index (χ2v) is 5.62. The summed E-state index contributed by atoms with van der Waals surface area (Å²) >= 11 is 5.82. The predicted octanol–water partition coefficient (Wildman–Crippen LogP) is 0.0776. The summed E-state index contributed by atoms with van der Waals surface area (Å²) in [6, 6.07) is 2.65. The Balaban J connectivity index is 2.67. The summed E-state index contributed by atoms with van der Waals surface area (Å²) in [6.07, 6.45) is 0. The van der Waals surface area contributed by atoms with Crippen LogP contribution in [0.2, 0.25) is 5.02 Å². The van der Waals surface area contributed by atoms with Crippen molar-refractivity contribution < 1.29 is 13.2 Å². The Morgan fingerprint density at radius 1 is 1.47 bits per heavy atom. The van der Waals surface area contributed by atoms with Gasteiger partial charge in [0.05, 0.1) is 5.02 Å². The maximum Gasteiger partial charge on any atom is 0.268 e. The first-order chi connectivity index (χ1) is 7.80. The Hall–Kier alpha value is -1.15. The molecule has 6 nitrogen and oxygen atoms in total. The van der Waals surface area contributed by atoms with Crippen LogP contribution in [0.15, 0.2) is 17.0 Å². The number of hydrogen-bond donors (Lipinski definition) is 2. The number of carbonyl (C=O) groups excluding carboxylic acids is 1. The summed E-state index contributed by atoms with van der Waals surface area (Å²) < 4.78 is 22.6. The van der Waals surface area contributed by atoms with Crippen molar-refractivity contribution in [1.82, 2.24) is 10.4 Å². The largest absolute Gasteiger partial charge is 0.277 e. The number of hydrazine groups is 1. The van der Waals surface area contributed by atoms with Gasteiger partial charge in [-0.25, -0.2) is 19.0 Å². The number of nitrogens with zero attached hydrogens (tertiary/aromatic N) is 1. The van der Waals surface area contributed by atoms with E-state index in [1.807, 2.05) is 0 Å². The van der Waals surface area contributed by atoms with Gasteiger partial charge in [-0.2, -0.15) is 0 Å². The second-order valence-electron chi connectivity index (χ2n) is 3.68. The maximum atomic E-state index is 11.8. The Morgan fingerprint density at radius 2 is 2.12 bits per heavy atom. The highest BCUT2D eigenvalue weighted by Crippen LogP contribution is 2.27. The molecule has 0 saturated heterocycles. The summed E-state index contributed by atoms with van der Waals surface area (Å²) in [4.78, 5) is 11.6. The zero-order chi connectivity index (χ0) is 12.8. The van der Waals surface area contributed by atoms with Crippen LogP contribution in [0.3, 0.4) is 0 Å². The fourth-order valence-electron chi connectivity index (χ4n) is 1.61. The van der Waals surface area contributed by atoms with Gasteiger partial charge in [-0.3, -0.25) is 9.80 Å². The van der Waals surface area contributed by atoms with Gasteiger partial charge in [-0.1, -0.05) is 11.6 Å². The topological polar surface area (TPSA) is 92.5 Å². The van der Waals surface area contributed by atoms with E-state index in [1.54, 1.807) is 7.05 Å². The third-order valence-corrected chi connectivity index (χ3v) is 3.88. The van der Waals surface area contributed by atoms with Crippen molar-refractivity contribution in [3.05, 3.63) is 28.3 Å². The minimum atomic E-state index is -3.93. The zero-order valence-corrected chi connectivity index (χ0v) is 10.5. The first kappa shape index (κ1) is 12.3. The van der Waals surface area contributed by atoms with Crippen molar-refractivity contribution in [2.24, 2.45) is 5.14 Å². The van der Waals surface area contributed by atoms with Crippen molar-refractivity contribution in [2.45, 2.75) is 11.4 Å². The first-order valence-corrected chi connectivity index (χ1v) is 6.60. The summed E-state index contributed by atoms with van der Waals surface area (Å²) in [6.45, 7) is 0.405. The monoisotopic (exact) mass is 275 g/mol. The second kappa shape index (κ2) is 3.95. The van der Waals surface area contributed by atoms with Gasteiger partial charge < -0.3 is 0 Å². The molecule has 8 heteroatoms. The van der Waals surface area contributed by atoms with Crippen LogP contribution in [0.25, 0.3) is 0 Å². The van der Waals surface area contributed by atoms with Gasteiger partial charge in [0.2, 0.25) is 10.0 Å². The Labute approximate surface area is 103 Å². The quantitative estimate of drug-likeness (QED) is 0.759. The molecule has 0 fully saturated rings. The fourth-order valence-corrected chi connectivity index (χ4v) is 2.74. The highest BCUT2D eigenvalue weighted by atomic mass is 35.5. The van der Waals surface area contributed by atoms with Crippen LogP contribution in [-0.4, -0.2) is 26.4 Å². The van der Waals surface area contributed by atoms with Crippen LogP contribution < -0.4 is 10.6 Å². The molecule has 3 N–H and O–H groups in total. The SMILES string of the molecule is CN1NCc2cc(Cl)c(S(N)(=O)=O)cc2C1=O. The molecule has 0 radical (unpaired) electrons. The van der Waals surface area contributed by atoms with Gasteiger partial charge in [0.15, 0.2) is 0 Å². The van der Waals surface area contributed by atoms with Crippen LogP contribution in [0.4, 0.5) is 0 Å². The number of amides is 1. The summed E-state index contributed by atoms with van der Waals surface area (Å²) in [5, 5.41) is 6.32. The van der Waals surface area contributed by atoms with E-state index in [-0.39, 0.29) is 15.8 Å².